The lowest BCUT2D eigenvalue weighted by molar-refractivity contribution is 0.153. The van der Waals surface area contributed by atoms with Crippen molar-refractivity contribution in [1.29, 1.82) is 0 Å². The molecule has 1 fully saturated rings. The van der Waals surface area contributed by atoms with Gasteiger partial charge in [0, 0.05) is 18.6 Å². The first-order chi connectivity index (χ1) is 9.81. The molecule has 2 nitrogen and oxygen atoms in total. The Hall–Kier alpha value is -0.860. The lowest BCUT2D eigenvalue weighted by atomic mass is 10.00. The molecule has 1 aliphatic heterocycles. The summed E-state index contributed by atoms with van der Waals surface area (Å²) in [4.78, 5) is 2.67. The molecule has 1 aromatic rings. The predicted molar refractivity (Wildman–Crippen MR) is 87.0 cm³/mol. The normalized spacial score (nSPS) is 21.8. The van der Waals surface area contributed by atoms with Crippen molar-refractivity contribution in [3.05, 3.63) is 35.9 Å². The van der Waals surface area contributed by atoms with Crippen LogP contribution in [0.4, 0.5) is 0 Å². The lowest BCUT2D eigenvalue weighted by Crippen LogP contribution is -2.39. The number of benzene rings is 1. The van der Waals surface area contributed by atoms with Crippen LogP contribution in [-0.2, 0) is 0 Å². The van der Waals surface area contributed by atoms with Gasteiger partial charge in [0.1, 0.15) is 0 Å². The fourth-order valence-corrected chi connectivity index (χ4v) is 3.18. The summed E-state index contributed by atoms with van der Waals surface area (Å²) in [6.45, 7) is 8.24. The molecule has 1 aromatic carbocycles. The third-order valence-electron chi connectivity index (χ3n) is 4.49. The average Bonchev–Trinajstić information content (AvgIpc) is 2.50. The summed E-state index contributed by atoms with van der Waals surface area (Å²) in [7, 11) is 0. The van der Waals surface area contributed by atoms with Crippen molar-refractivity contribution < 1.29 is 0 Å². The van der Waals surface area contributed by atoms with E-state index >= 15 is 0 Å². The van der Waals surface area contributed by atoms with E-state index in [9.17, 15) is 0 Å². The Morgan fingerprint density at radius 3 is 2.75 bits per heavy atom. The highest BCUT2D eigenvalue weighted by molar-refractivity contribution is 5.18. The summed E-state index contributed by atoms with van der Waals surface area (Å²) < 4.78 is 0. The molecule has 20 heavy (non-hydrogen) atoms. The van der Waals surface area contributed by atoms with E-state index in [2.05, 4.69) is 54.4 Å². The van der Waals surface area contributed by atoms with Crippen molar-refractivity contribution in [3.8, 4) is 0 Å². The Morgan fingerprint density at radius 2 is 2.05 bits per heavy atom. The van der Waals surface area contributed by atoms with Gasteiger partial charge in [-0.2, -0.15) is 0 Å². The van der Waals surface area contributed by atoms with Gasteiger partial charge in [0.25, 0.3) is 0 Å². The smallest absolute Gasteiger partial charge is 0.0332 e. The topological polar surface area (TPSA) is 15.3 Å². The largest absolute Gasteiger partial charge is 0.310 e. The Kier molecular flexibility index (Phi) is 6.55. The number of nitrogens with one attached hydrogen (secondary N) is 1. The van der Waals surface area contributed by atoms with Gasteiger partial charge in [0.15, 0.2) is 0 Å². The molecule has 1 N–H and O–H groups in total. The van der Waals surface area contributed by atoms with Gasteiger partial charge in [-0.05, 0) is 51.3 Å². The van der Waals surface area contributed by atoms with E-state index < -0.39 is 0 Å². The molecule has 1 aliphatic rings. The minimum atomic E-state index is 0.505. The number of hydrogen-bond acceptors (Lipinski definition) is 2. The Morgan fingerprint density at radius 1 is 1.25 bits per heavy atom. The third kappa shape index (κ3) is 4.60. The van der Waals surface area contributed by atoms with Crippen LogP contribution in [0.1, 0.15) is 57.6 Å². The molecule has 2 atom stereocenters. The van der Waals surface area contributed by atoms with Gasteiger partial charge < -0.3 is 10.2 Å². The second kappa shape index (κ2) is 8.43. The minimum Gasteiger partial charge on any atom is -0.310 e. The van der Waals surface area contributed by atoms with Crippen LogP contribution in [0.15, 0.2) is 30.3 Å². The van der Waals surface area contributed by atoms with Crippen LogP contribution in [-0.4, -0.2) is 30.6 Å². The van der Waals surface area contributed by atoms with Crippen LogP contribution >= 0.6 is 0 Å². The first kappa shape index (κ1) is 15.5. The van der Waals surface area contributed by atoms with Crippen LogP contribution < -0.4 is 5.32 Å². The highest BCUT2D eigenvalue weighted by atomic mass is 15.2. The summed E-state index contributed by atoms with van der Waals surface area (Å²) >= 11 is 0. The van der Waals surface area contributed by atoms with Crippen LogP contribution in [0, 0.1) is 0 Å². The summed E-state index contributed by atoms with van der Waals surface area (Å²) in [5.74, 6) is 0. The summed E-state index contributed by atoms with van der Waals surface area (Å²) in [5.41, 5.74) is 1.44. The van der Waals surface area contributed by atoms with Gasteiger partial charge in [0.05, 0.1) is 0 Å². The minimum absolute atomic E-state index is 0.505. The van der Waals surface area contributed by atoms with Crippen molar-refractivity contribution in [2.24, 2.45) is 0 Å². The van der Waals surface area contributed by atoms with E-state index in [1.807, 2.05) is 0 Å². The monoisotopic (exact) mass is 274 g/mol. The van der Waals surface area contributed by atoms with E-state index in [1.165, 1.54) is 50.8 Å². The molecule has 0 saturated carbocycles. The van der Waals surface area contributed by atoms with Gasteiger partial charge in [0.2, 0.25) is 0 Å². The molecule has 112 valence electrons. The summed E-state index contributed by atoms with van der Waals surface area (Å²) in [6.07, 6.45) is 6.58. The standard InChI is InChI=1S/C18H30N2/c1-3-13-19-18(17-10-5-4-6-11-17)12-15-20-14-8-7-9-16(20)2/h4-6,10-11,16,18-19H,3,7-9,12-15H2,1-2H3. The average molecular weight is 274 g/mol. The van der Waals surface area contributed by atoms with Crippen LogP contribution in [0.5, 0.6) is 0 Å². The zero-order chi connectivity index (χ0) is 14.2. The zero-order valence-corrected chi connectivity index (χ0v) is 13.1. The molecule has 2 rings (SSSR count). The number of rotatable bonds is 7. The first-order valence-corrected chi connectivity index (χ1v) is 8.33. The molecular formula is C18H30N2. The summed E-state index contributed by atoms with van der Waals surface area (Å²) in [5, 5.41) is 3.71. The molecular weight excluding hydrogens is 244 g/mol. The van der Waals surface area contributed by atoms with Crippen LogP contribution in [0.2, 0.25) is 0 Å². The van der Waals surface area contributed by atoms with E-state index in [4.69, 9.17) is 0 Å². The molecule has 2 heteroatoms. The first-order valence-electron chi connectivity index (χ1n) is 8.33. The van der Waals surface area contributed by atoms with Gasteiger partial charge >= 0.3 is 0 Å². The Labute approximate surface area is 124 Å². The SMILES string of the molecule is CCCNC(CCN1CCCCC1C)c1ccccc1. The second-order valence-corrected chi connectivity index (χ2v) is 6.09. The molecule has 0 amide bonds. The van der Waals surface area contributed by atoms with Gasteiger partial charge in [-0.25, -0.2) is 0 Å². The second-order valence-electron chi connectivity index (χ2n) is 6.09. The van der Waals surface area contributed by atoms with E-state index in [1.54, 1.807) is 0 Å². The van der Waals surface area contributed by atoms with E-state index in [-0.39, 0.29) is 0 Å². The van der Waals surface area contributed by atoms with E-state index in [0.29, 0.717) is 6.04 Å². The molecule has 1 heterocycles. The maximum absolute atomic E-state index is 3.71. The van der Waals surface area contributed by atoms with Crippen LogP contribution in [0.25, 0.3) is 0 Å². The Balaban J connectivity index is 1.90. The summed E-state index contributed by atoms with van der Waals surface area (Å²) in [6, 6.07) is 12.2. The molecule has 0 aliphatic carbocycles. The van der Waals surface area contributed by atoms with Crippen molar-refractivity contribution in [3.63, 3.8) is 0 Å². The van der Waals surface area contributed by atoms with Crippen molar-refractivity contribution >= 4 is 0 Å². The molecule has 1 saturated heterocycles. The number of hydrogen-bond donors (Lipinski definition) is 1. The maximum Gasteiger partial charge on any atom is 0.0332 e. The van der Waals surface area contributed by atoms with Gasteiger partial charge in [-0.1, -0.05) is 43.7 Å². The van der Waals surface area contributed by atoms with Crippen molar-refractivity contribution in [2.75, 3.05) is 19.6 Å². The van der Waals surface area contributed by atoms with Crippen LogP contribution in [0.3, 0.4) is 0 Å². The third-order valence-corrected chi connectivity index (χ3v) is 4.49. The molecule has 2 unspecified atom stereocenters. The number of likely N-dealkylation sites (tertiary alicyclic amines) is 1. The highest BCUT2D eigenvalue weighted by Crippen LogP contribution is 2.21. The fraction of sp³-hybridized carbons (Fsp3) is 0.667. The predicted octanol–water partition coefficient (Wildman–Crippen LogP) is 3.99. The number of piperidine rings is 1. The maximum atomic E-state index is 3.71. The molecule has 0 radical (unpaired) electrons. The van der Waals surface area contributed by atoms with E-state index in [0.717, 1.165) is 12.6 Å². The zero-order valence-electron chi connectivity index (χ0n) is 13.1. The Bertz CT molecular complexity index is 363. The van der Waals surface area contributed by atoms with Crippen molar-refractivity contribution in [2.45, 2.75) is 58.0 Å². The lowest BCUT2D eigenvalue weighted by Gasteiger charge is -2.34. The quantitative estimate of drug-likeness (QED) is 0.808. The fourth-order valence-electron chi connectivity index (χ4n) is 3.18. The highest BCUT2D eigenvalue weighted by Gasteiger charge is 2.19. The molecule has 0 bridgehead atoms. The number of nitrogens with zero attached hydrogens (tertiary/aromatic N) is 1. The molecule has 0 aromatic heterocycles. The van der Waals surface area contributed by atoms with Gasteiger partial charge in [-0.3, -0.25) is 0 Å². The molecule has 0 spiro atoms. The van der Waals surface area contributed by atoms with Crippen molar-refractivity contribution in [1.82, 2.24) is 10.2 Å². The van der Waals surface area contributed by atoms with Gasteiger partial charge in [-0.15, -0.1) is 0 Å².